The van der Waals surface area contributed by atoms with Crippen LogP contribution < -0.4 is 5.32 Å². The first-order chi connectivity index (χ1) is 9.78. The molecular formula is C15H23N5. The molecule has 0 bridgehead atoms. The van der Waals surface area contributed by atoms with Gasteiger partial charge < -0.3 is 5.32 Å². The Kier molecular flexibility index (Phi) is 3.76. The molecule has 0 aliphatic heterocycles. The lowest BCUT2D eigenvalue weighted by Gasteiger charge is -2.14. The molecule has 1 saturated carbocycles. The molecule has 2 heterocycles. The molecule has 0 unspecified atom stereocenters. The lowest BCUT2D eigenvalue weighted by Crippen LogP contribution is -2.13. The molecule has 5 nitrogen and oxygen atoms in total. The van der Waals surface area contributed by atoms with Gasteiger partial charge in [0.15, 0.2) is 0 Å². The van der Waals surface area contributed by atoms with Gasteiger partial charge in [0.2, 0.25) is 0 Å². The zero-order valence-corrected chi connectivity index (χ0v) is 12.3. The molecule has 0 amide bonds. The van der Waals surface area contributed by atoms with Gasteiger partial charge in [-0.25, -0.2) is 0 Å². The van der Waals surface area contributed by atoms with E-state index in [1.807, 2.05) is 10.9 Å². The highest BCUT2D eigenvalue weighted by atomic mass is 15.3. The van der Waals surface area contributed by atoms with E-state index >= 15 is 0 Å². The molecule has 5 heteroatoms. The van der Waals surface area contributed by atoms with Gasteiger partial charge in [0, 0.05) is 24.5 Å². The van der Waals surface area contributed by atoms with Crippen molar-refractivity contribution in [1.29, 1.82) is 0 Å². The van der Waals surface area contributed by atoms with Crippen LogP contribution in [0.5, 0.6) is 0 Å². The second-order valence-corrected chi connectivity index (χ2v) is 5.55. The van der Waals surface area contributed by atoms with Crippen molar-refractivity contribution < 1.29 is 0 Å². The lowest BCUT2D eigenvalue weighted by atomic mass is 10.2. The van der Waals surface area contributed by atoms with Crippen molar-refractivity contribution in [2.24, 2.45) is 0 Å². The van der Waals surface area contributed by atoms with Crippen molar-refractivity contribution in [2.45, 2.75) is 58.7 Å². The number of rotatable bonds is 5. The zero-order valence-electron chi connectivity index (χ0n) is 12.3. The number of hydrogen-bond donors (Lipinski definition) is 1. The van der Waals surface area contributed by atoms with E-state index < -0.39 is 0 Å². The van der Waals surface area contributed by atoms with Crippen LogP contribution in [0.15, 0.2) is 18.3 Å². The normalized spacial score (nSPS) is 15.9. The van der Waals surface area contributed by atoms with E-state index in [0.717, 1.165) is 18.9 Å². The van der Waals surface area contributed by atoms with Crippen molar-refractivity contribution in [3.8, 4) is 0 Å². The average Bonchev–Trinajstić information content (AvgIpc) is 3.16. The third kappa shape index (κ3) is 2.57. The van der Waals surface area contributed by atoms with Crippen LogP contribution in [-0.4, -0.2) is 19.6 Å². The number of hydrogen-bond acceptors (Lipinski definition) is 3. The highest BCUT2D eigenvalue weighted by Crippen LogP contribution is 2.29. The monoisotopic (exact) mass is 273 g/mol. The third-order valence-electron chi connectivity index (χ3n) is 4.15. The summed E-state index contributed by atoms with van der Waals surface area (Å²) in [5.41, 5.74) is 2.44. The molecule has 108 valence electrons. The van der Waals surface area contributed by atoms with Crippen molar-refractivity contribution in [3.05, 3.63) is 29.7 Å². The summed E-state index contributed by atoms with van der Waals surface area (Å²) in [6.45, 7) is 5.90. The quantitative estimate of drug-likeness (QED) is 0.910. The van der Waals surface area contributed by atoms with Gasteiger partial charge in [0.25, 0.3) is 0 Å². The lowest BCUT2D eigenvalue weighted by molar-refractivity contribution is 0.452. The first-order valence-corrected chi connectivity index (χ1v) is 7.58. The largest absolute Gasteiger partial charge is 0.363 e. The minimum Gasteiger partial charge on any atom is -0.363 e. The van der Waals surface area contributed by atoms with Crippen LogP contribution in [0.1, 0.15) is 50.0 Å². The fourth-order valence-electron chi connectivity index (χ4n) is 3.06. The minimum absolute atomic E-state index is 0.594. The summed E-state index contributed by atoms with van der Waals surface area (Å²) in [4.78, 5) is 0. The SMILES string of the molecule is CCn1nc(NCc2ccnn2C2CCCC2)cc1C. The molecule has 3 rings (SSSR count). The van der Waals surface area contributed by atoms with Crippen molar-refractivity contribution in [2.75, 3.05) is 5.32 Å². The van der Waals surface area contributed by atoms with Crippen molar-refractivity contribution in [1.82, 2.24) is 19.6 Å². The van der Waals surface area contributed by atoms with Crippen LogP contribution in [0.3, 0.4) is 0 Å². The van der Waals surface area contributed by atoms with Crippen LogP contribution in [0.4, 0.5) is 5.82 Å². The summed E-state index contributed by atoms with van der Waals surface area (Å²) in [5.74, 6) is 0.948. The molecule has 2 aromatic heterocycles. The molecule has 1 fully saturated rings. The summed E-state index contributed by atoms with van der Waals surface area (Å²) in [7, 11) is 0. The Morgan fingerprint density at radius 2 is 2.15 bits per heavy atom. The summed E-state index contributed by atoms with van der Waals surface area (Å²) < 4.78 is 4.21. The topological polar surface area (TPSA) is 47.7 Å². The van der Waals surface area contributed by atoms with Crippen LogP contribution in [0.2, 0.25) is 0 Å². The second kappa shape index (κ2) is 5.69. The Hall–Kier alpha value is -1.78. The third-order valence-corrected chi connectivity index (χ3v) is 4.15. The average molecular weight is 273 g/mol. The van der Waals surface area contributed by atoms with Crippen LogP contribution >= 0.6 is 0 Å². The van der Waals surface area contributed by atoms with E-state index in [-0.39, 0.29) is 0 Å². The fraction of sp³-hybridized carbons (Fsp3) is 0.600. The van der Waals surface area contributed by atoms with Gasteiger partial charge in [-0.15, -0.1) is 0 Å². The van der Waals surface area contributed by atoms with Gasteiger partial charge in [-0.05, 0) is 32.8 Å². The highest BCUT2D eigenvalue weighted by molar-refractivity contribution is 5.36. The molecule has 20 heavy (non-hydrogen) atoms. The van der Waals surface area contributed by atoms with Crippen molar-refractivity contribution in [3.63, 3.8) is 0 Å². The molecule has 0 atom stereocenters. The van der Waals surface area contributed by atoms with E-state index in [1.165, 1.54) is 37.1 Å². The van der Waals surface area contributed by atoms with Gasteiger partial charge in [0.05, 0.1) is 18.3 Å². The van der Waals surface area contributed by atoms with E-state index in [9.17, 15) is 0 Å². The van der Waals surface area contributed by atoms with E-state index in [2.05, 4.69) is 46.2 Å². The molecule has 1 N–H and O–H groups in total. The molecule has 0 saturated heterocycles. The Bertz CT molecular complexity index is 563. The Morgan fingerprint density at radius 1 is 1.35 bits per heavy atom. The molecular weight excluding hydrogens is 250 g/mol. The number of anilines is 1. The second-order valence-electron chi connectivity index (χ2n) is 5.55. The predicted octanol–water partition coefficient (Wildman–Crippen LogP) is 3.14. The van der Waals surface area contributed by atoms with Crippen LogP contribution in [0, 0.1) is 6.92 Å². The van der Waals surface area contributed by atoms with Gasteiger partial charge in [-0.3, -0.25) is 9.36 Å². The van der Waals surface area contributed by atoms with E-state index in [0.29, 0.717) is 6.04 Å². The number of aryl methyl sites for hydroxylation is 2. The minimum atomic E-state index is 0.594. The molecule has 2 aromatic rings. The summed E-state index contributed by atoms with van der Waals surface area (Å²) in [5, 5.41) is 12.4. The van der Waals surface area contributed by atoms with Crippen LogP contribution in [-0.2, 0) is 13.1 Å². The molecule has 0 radical (unpaired) electrons. The maximum absolute atomic E-state index is 4.53. The predicted molar refractivity (Wildman–Crippen MR) is 79.7 cm³/mol. The van der Waals surface area contributed by atoms with Gasteiger partial charge in [0.1, 0.15) is 5.82 Å². The van der Waals surface area contributed by atoms with Gasteiger partial charge >= 0.3 is 0 Å². The van der Waals surface area contributed by atoms with Gasteiger partial charge in [-0.1, -0.05) is 12.8 Å². The fourth-order valence-corrected chi connectivity index (χ4v) is 3.06. The Balaban J connectivity index is 1.67. The molecule has 0 aromatic carbocycles. The number of nitrogens with zero attached hydrogens (tertiary/aromatic N) is 4. The smallest absolute Gasteiger partial charge is 0.148 e. The Morgan fingerprint density at radius 3 is 2.85 bits per heavy atom. The number of nitrogens with one attached hydrogen (secondary N) is 1. The first-order valence-electron chi connectivity index (χ1n) is 7.58. The van der Waals surface area contributed by atoms with Crippen molar-refractivity contribution >= 4 is 5.82 Å². The maximum atomic E-state index is 4.53. The Labute approximate surface area is 120 Å². The molecule has 1 aliphatic carbocycles. The van der Waals surface area contributed by atoms with E-state index in [4.69, 9.17) is 0 Å². The summed E-state index contributed by atoms with van der Waals surface area (Å²) in [6.07, 6.45) is 7.09. The summed E-state index contributed by atoms with van der Waals surface area (Å²) in [6, 6.07) is 4.80. The first kappa shape index (κ1) is 13.2. The van der Waals surface area contributed by atoms with Gasteiger partial charge in [-0.2, -0.15) is 10.2 Å². The molecule has 0 spiro atoms. The summed E-state index contributed by atoms with van der Waals surface area (Å²) >= 11 is 0. The number of aromatic nitrogens is 4. The standard InChI is InChI=1S/C15H23N5/c1-3-19-12(2)10-15(18-19)16-11-14-8-9-17-20(14)13-6-4-5-7-13/h8-10,13H,3-7,11H2,1-2H3,(H,16,18). The highest BCUT2D eigenvalue weighted by Gasteiger charge is 2.19. The molecule has 1 aliphatic rings. The zero-order chi connectivity index (χ0) is 13.9. The van der Waals surface area contributed by atoms with Crippen LogP contribution in [0.25, 0.3) is 0 Å². The van der Waals surface area contributed by atoms with E-state index in [1.54, 1.807) is 0 Å². The maximum Gasteiger partial charge on any atom is 0.148 e.